The van der Waals surface area contributed by atoms with E-state index in [0.29, 0.717) is 12.1 Å². The van der Waals surface area contributed by atoms with Crippen LogP contribution < -0.4 is 5.32 Å². The van der Waals surface area contributed by atoms with Gasteiger partial charge in [0.1, 0.15) is 0 Å². The predicted molar refractivity (Wildman–Crippen MR) is 131 cm³/mol. The van der Waals surface area contributed by atoms with E-state index < -0.39 is 0 Å². The van der Waals surface area contributed by atoms with Crippen molar-refractivity contribution >= 4 is 11.8 Å². The van der Waals surface area contributed by atoms with Gasteiger partial charge in [0.15, 0.2) is 0 Å². The molecular formula is C29H28N2O2. The Morgan fingerprint density at radius 1 is 0.939 bits per heavy atom. The number of amides is 2. The third-order valence-electron chi connectivity index (χ3n) is 5.82. The van der Waals surface area contributed by atoms with Crippen LogP contribution >= 0.6 is 0 Å². The van der Waals surface area contributed by atoms with Crippen LogP contribution in [-0.4, -0.2) is 29.3 Å². The minimum absolute atomic E-state index is 0.0178. The van der Waals surface area contributed by atoms with E-state index >= 15 is 0 Å². The van der Waals surface area contributed by atoms with E-state index in [-0.39, 0.29) is 17.9 Å². The Labute approximate surface area is 195 Å². The van der Waals surface area contributed by atoms with Crippen molar-refractivity contribution in [3.63, 3.8) is 0 Å². The maximum absolute atomic E-state index is 13.1. The van der Waals surface area contributed by atoms with Gasteiger partial charge in [0.05, 0.1) is 0 Å². The van der Waals surface area contributed by atoms with Crippen molar-refractivity contribution in [3.05, 3.63) is 106 Å². The third-order valence-corrected chi connectivity index (χ3v) is 5.82. The molecule has 0 saturated heterocycles. The van der Waals surface area contributed by atoms with Crippen LogP contribution in [0.4, 0.5) is 0 Å². The van der Waals surface area contributed by atoms with Gasteiger partial charge in [-0.3, -0.25) is 9.59 Å². The standard InChI is InChI=1S/C29H28N2O2/c1-21(30-22(2)32)18-25-14-11-23(12-15-25)10-13-24-6-5-9-27(19-24)29(33)31-17-16-26-7-3-4-8-28(26)20-31/h3-9,11-12,14-15,19,21H,16-18,20H2,1-2H3,(H,30,32). The van der Waals surface area contributed by atoms with Crippen molar-refractivity contribution < 1.29 is 9.59 Å². The summed E-state index contributed by atoms with van der Waals surface area (Å²) in [5.41, 5.74) is 6.11. The van der Waals surface area contributed by atoms with Gasteiger partial charge < -0.3 is 10.2 Å². The Morgan fingerprint density at radius 2 is 1.67 bits per heavy atom. The summed E-state index contributed by atoms with van der Waals surface area (Å²) in [5.74, 6) is 6.40. The first-order chi connectivity index (χ1) is 16.0. The highest BCUT2D eigenvalue weighted by atomic mass is 16.2. The van der Waals surface area contributed by atoms with Gasteiger partial charge in [0.2, 0.25) is 5.91 Å². The molecule has 3 aromatic rings. The van der Waals surface area contributed by atoms with Crippen LogP contribution in [0.15, 0.2) is 72.8 Å². The van der Waals surface area contributed by atoms with Crippen molar-refractivity contribution in [1.82, 2.24) is 10.2 Å². The average Bonchev–Trinajstić information content (AvgIpc) is 2.82. The molecule has 3 aromatic carbocycles. The molecule has 0 fully saturated rings. The fraction of sp³-hybridized carbons (Fsp3) is 0.241. The van der Waals surface area contributed by atoms with E-state index in [0.717, 1.165) is 36.1 Å². The number of nitrogens with zero attached hydrogens (tertiary/aromatic N) is 1. The fourth-order valence-electron chi connectivity index (χ4n) is 4.20. The lowest BCUT2D eigenvalue weighted by atomic mass is 9.99. The van der Waals surface area contributed by atoms with Crippen molar-refractivity contribution in [2.45, 2.75) is 39.3 Å². The lowest BCUT2D eigenvalue weighted by molar-refractivity contribution is -0.119. The first-order valence-corrected chi connectivity index (χ1v) is 11.3. The summed E-state index contributed by atoms with van der Waals surface area (Å²) < 4.78 is 0. The quantitative estimate of drug-likeness (QED) is 0.618. The number of rotatable bonds is 4. The highest BCUT2D eigenvalue weighted by molar-refractivity contribution is 5.94. The van der Waals surface area contributed by atoms with E-state index in [1.54, 1.807) is 0 Å². The summed E-state index contributed by atoms with van der Waals surface area (Å²) in [4.78, 5) is 26.2. The largest absolute Gasteiger partial charge is 0.354 e. The van der Waals surface area contributed by atoms with Gasteiger partial charge in [-0.15, -0.1) is 0 Å². The number of carbonyl (C=O) groups is 2. The van der Waals surface area contributed by atoms with E-state index in [4.69, 9.17) is 0 Å². The molecule has 4 heteroatoms. The second-order valence-electron chi connectivity index (χ2n) is 8.58. The Kier molecular flexibility index (Phi) is 6.90. The zero-order valence-electron chi connectivity index (χ0n) is 19.1. The minimum Gasteiger partial charge on any atom is -0.354 e. The number of nitrogens with one attached hydrogen (secondary N) is 1. The van der Waals surface area contributed by atoms with Gasteiger partial charge in [-0.05, 0) is 66.8 Å². The molecule has 4 rings (SSSR count). The van der Waals surface area contributed by atoms with Crippen molar-refractivity contribution in [2.75, 3.05) is 6.54 Å². The van der Waals surface area contributed by atoms with Gasteiger partial charge in [-0.2, -0.15) is 0 Å². The van der Waals surface area contributed by atoms with Crippen LogP contribution in [0.25, 0.3) is 0 Å². The maximum Gasteiger partial charge on any atom is 0.254 e. The first kappa shape index (κ1) is 22.4. The molecule has 1 atom stereocenters. The summed E-state index contributed by atoms with van der Waals surface area (Å²) in [5, 5.41) is 2.90. The molecule has 0 saturated carbocycles. The van der Waals surface area contributed by atoms with Crippen LogP contribution in [0.1, 0.15) is 52.0 Å². The molecule has 1 N–H and O–H groups in total. The Morgan fingerprint density at radius 3 is 2.42 bits per heavy atom. The van der Waals surface area contributed by atoms with E-state index in [9.17, 15) is 9.59 Å². The number of hydrogen-bond donors (Lipinski definition) is 1. The van der Waals surface area contributed by atoms with Crippen LogP contribution in [-0.2, 0) is 24.2 Å². The SMILES string of the molecule is CC(=O)NC(C)Cc1ccc(C#Cc2cccc(C(=O)N3CCc4ccccc4C3)c2)cc1. The second-order valence-corrected chi connectivity index (χ2v) is 8.58. The molecular weight excluding hydrogens is 408 g/mol. The molecule has 1 unspecified atom stereocenters. The molecule has 0 spiro atoms. The average molecular weight is 437 g/mol. The molecule has 4 nitrogen and oxygen atoms in total. The monoisotopic (exact) mass is 436 g/mol. The van der Waals surface area contributed by atoms with Gasteiger partial charge in [0, 0.05) is 42.7 Å². The van der Waals surface area contributed by atoms with Crippen LogP contribution in [0, 0.1) is 11.8 Å². The third kappa shape index (κ3) is 5.90. The van der Waals surface area contributed by atoms with E-state index in [1.165, 1.54) is 18.1 Å². The lowest BCUT2D eigenvalue weighted by Gasteiger charge is -2.29. The molecule has 166 valence electrons. The zero-order chi connectivity index (χ0) is 23.2. The normalized spacial score (nSPS) is 13.3. The molecule has 0 radical (unpaired) electrons. The molecule has 1 aliphatic heterocycles. The molecule has 2 amide bonds. The number of hydrogen-bond acceptors (Lipinski definition) is 2. The molecule has 0 bridgehead atoms. The summed E-state index contributed by atoms with van der Waals surface area (Å²) in [7, 11) is 0. The van der Waals surface area contributed by atoms with Gasteiger partial charge >= 0.3 is 0 Å². The van der Waals surface area contributed by atoms with Gasteiger partial charge in [-0.1, -0.05) is 54.3 Å². The number of fused-ring (bicyclic) bond motifs is 1. The van der Waals surface area contributed by atoms with Crippen LogP contribution in [0.3, 0.4) is 0 Å². The topological polar surface area (TPSA) is 49.4 Å². The number of benzene rings is 3. The van der Waals surface area contributed by atoms with E-state index in [1.807, 2.05) is 66.4 Å². The lowest BCUT2D eigenvalue weighted by Crippen LogP contribution is -2.35. The highest BCUT2D eigenvalue weighted by Crippen LogP contribution is 2.20. The highest BCUT2D eigenvalue weighted by Gasteiger charge is 2.21. The molecule has 1 heterocycles. The van der Waals surface area contributed by atoms with Gasteiger partial charge in [-0.25, -0.2) is 0 Å². The summed E-state index contributed by atoms with van der Waals surface area (Å²) in [6.07, 6.45) is 1.67. The maximum atomic E-state index is 13.1. The Bertz CT molecular complexity index is 1220. The summed E-state index contributed by atoms with van der Waals surface area (Å²) >= 11 is 0. The predicted octanol–water partition coefficient (Wildman–Crippen LogP) is 4.35. The smallest absolute Gasteiger partial charge is 0.254 e. The van der Waals surface area contributed by atoms with Crippen LogP contribution in [0.2, 0.25) is 0 Å². The van der Waals surface area contributed by atoms with Crippen molar-refractivity contribution in [3.8, 4) is 11.8 Å². The Hall–Kier alpha value is -3.84. The summed E-state index contributed by atoms with van der Waals surface area (Å²) in [6.45, 7) is 4.91. The van der Waals surface area contributed by atoms with Crippen molar-refractivity contribution in [1.29, 1.82) is 0 Å². The number of carbonyl (C=O) groups excluding carboxylic acids is 2. The first-order valence-electron chi connectivity index (χ1n) is 11.3. The zero-order valence-corrected chi connectivity index (χ0v) is 19.1. The van der Waals surface area contributed by atoms with Gasteiger partial charge in [0.25, 0.3) is 5.91 Å². The minimum atomic E-state index is -0.0178. The Balaban J connectivity index is 1.42. The van der Waals surface area contributed by atoms with Crippen molar-refractivity contribution in [2.24, 2.45) is 0 Å². The fourth-order valence-corrected chi connectivity index (χ4v) is 4.20. The molecule has 0 aliphatic carbocycles. The molecule has 33 heavy (non-hydrogen) atoms. The molecule has 1 aliphatic rings. The second kappa shape index (κ2) is 10.2. The van der Waals surface area contributed by atoms with E-state index in [2.05, 4.69) is 35.4 Å². The molecule has 0 aromatic heterocycles. The van der Waals surface area contributed by atoms with Crippen LogP contribution in [0.5, 0.6) is 0 Å². The summed E-state index contributed by atoms with van der Waals surface area (Å²) in [6, 6.07) is 24.0.